The van der Waals surface area contributed by atoms with Crippen molar-refractivity contribution >= 4 is 11.9 Å². The van der Waals surface area contributed by atoms with E-state index in [1.54, 1.807) is 17.1 Å². The van der Waals surface area contributed by atoms with Crippen LogP contribution >= 0.6 is 0 Å². The first kappa shape index (κ1) is 14.8. The molecule has 0 bridgehead atoms. The zero-order chi connectivity index (χ0) is 16.1. The normalized spacial score (nSPS) is 10.6. The number of benzene rings is 1. The lowest BCUT2D eigenvalue weighted by molar-refractivity contribution is 0.0953. The molecule has 1 aromatic carbocycles. The fourth-order valence-corrected chi connectivity index (χ4v) is 2.09. The molecule has 0 unspecified atom stereocenters. The molecule has 0 aliphatic rings. The van der Waals surface area contributed by atoms with E-state index in [1.807, 2.05) is 30.3 Å². The molecule has 0 saturated carbocycles. The molecule has 3 N–H and O–H groups in total. The number of nitrogens with one attached hydrogen (secondary N) is 1. The Morgan fingerprint density at radius 1 is 1.30 bits per heavy atom. The number of carbonyl (C=O) groups excluding carboxylic acids is 1. The summed E-state index contributed by atoms with van der Waals surface area (Å²) in [6.07, 6.45) is 3.68. The third-order valence-electron chi connectivity index (χ3n) is 3.19. The van der Waals surface area contributed by atoms with E-state index in [-0.39, 0.29) is 11.9 Å². The van der Waals surface area contributed by atoms with Gasteiger partial charge in [-0.15, -0.1) is 0 Å². The second-order valence-corrected chi connectivity index (χ2v) is 4.96. The summed E-state index contributed by atoms with van der Waals surface area (Å²) in [5, 5.41) is 10.5. The summed E-state index contributed by atoms with van der Waals surface area (Å²) in [5.74, 6) is 0.285. The number of rotatable bonds is 6. The van der Waals surface area contributed by atoms with E-state index in [4.69, 9.17) is 10.3 Å². The highest BCUT2D eigenvalue weighted by Gasteiger charge is 2.09. The molecule has 0 spiro atoms. The highest BCUT2D eigenvalue weighted by atomic mass is 16.5. The van der Waals surface area contributed by atoms with Crippen LogP contribution in [0.2, 0.25) is 0 Å². The third-order valence-corrected chi connectivity index (χ3v) is 3.19. The van der Waals surface area contributed by atoms with Gasteiger partial charge in [0.15, 0.2) is 0 Å². The molecule has 0 aliphatic carbocycles. The summed E-state index contributed by atoms with van der Waals surface area (Å²) in [7, 11) is 0. The van der Waals surface area contributed by atoms with E-state index in [1.165, 1.54) is 0 Å². The maximum atomic E-state index is 12.1. The summed E-state index contributed by atoms with van der Waals surface area (Å²) in [6, 6.07) is 9.92. The summed E-state index contributed by atoms with van der Waals surface area (Å²) < 4.78 is 6.59. The lowest BCUT2D eigenvalue weighted by Gasteiger charge is -2.02. The van der Waals surface area contributed by atoms with Gasteiger partial charge >= 0.3 is 0 Å². The summed E-state index contributed by atoms with van der Waals surface area (Å²) in [4.78, 5) is 15.9. The fraction of sp³-hybridized carbons (Fsp3) is 0.200. The maximum absolute atomic E-state index is 12.1. The first-order valence-electron chi connectivity index (χ1n) is 7.13. The van der Waals surface area contributed by atoms with Crippen LogP contribution < -0.4 is 11.1 Å². The average Bonchev–Trinajstić information content (AvgIpc) is 3.18. The number of nitrogens with zero attached hydrogens (tertiary/aromatic N) is 4. The van der Waals surface area contributed by atoms with Crippen molar-refractivity contribution in [1.82, 2.24) is 25.2 Å². The molecule has 3 aromatic rings. The minimum atomic E-state index is -0.197. The minimum absolute atomic E-state index is 0.0912. The first-order chi connectivity index (χ1) is 11.2. The third kappa shape index (κ3) is 3.94. The van der Waals surface area contributed by atoms with Gasteiger partial charge in [0.25, 0.3) is 11.9 Å². The van der Waals surface area contributed by atoms with E-state index in [0.29, 0.717) is 31.0 Å². The van der Waals surface area contributed by atoms with Gasteiger partial charge in [0.1, 0.15) is 0 Å². The Balaban J connectivity index is 1.52. The predicted molar refractivity (Wildman–Crippen MR) is 82.5 cm³/mol. The van der Waals surface area contributed by atoms with Crippen molar-refractivity contribution in [3.8, 4) is 0 Å². The van der Waals surface area contributed by atoms with Crippen LogP contribution in [0, 0.1) is 0 Å². The fourth-order valence-electron chi connectivity index (χ4n) is 2.09. The van der Waals surface area contributed by atoms with Crippen molar-refractivity contribution in [2.45, 2.75) is 13.0 Å². The molecule has 23 heavy (non-hydrogen) atoms. The van der Waals surface area contributed by atoms with Crippen LogP contribution in [0.5, 0.6) is 0 Å². The summed E-state index contributed by atoms with van der Waals surface area (Å²) in [5.41, 5.74) is 6.98. The molecule has 8 heteroatoms. The second-order valence-electron chi connectivity index (χ2n) is 4.96. The number of carbonyl (C=O) groups is 1. The Bertz CT molecular complexity index is 780. The first-order valence-corrected chi connectivity index (χ1v) is 7.13. The number of nitrogens with two attached hydrogens (primary N) is 1. The van der Waals surface area contributed by atoms with Crippen molar-refractivity contribution in [2.75, 3.05) is 12.3 Å². The molecule has 0 aliphatic heterocycles. The maximum Gasteiger partial charge on any atom is 0.260 e. The van der Waals surface area contributed by atoms with Gasteiger partial charge < -0.3 is 15.6 Å². The van der Waals surface area contributed by atoms with Crippen molar-refractivity contribution < 1.29 is 9.32 Å². The summed E-state index contributed by atoms with van der Waals surface area (Å²) >= 11 is 0. The van der Waals surface area contributed by atoms with Crippen LogP contribution in [-0.2, 0) is 13.0 Å². The Hall–Kier alpha value is -3.16. The number of nitrogen functional groups attached to an aromatic ring is 1. The standard InChI is InChI=1S/C15H16N6O2/c16-15-19-13(23-20-15)6-7-17-14(22)12-8-18-21(10-12)9-11-4-2-1-3-5-11/h1-5,8,10H,6-7,9H2,(H2,16,20)(H,17,22). The van der Waals surface area contributed by atoms with E-state index >= 15 is 0 Å². The van der Waals surface area contributed by atoms with Gasteiger partial charge in [-0.3, -0.25) is 9.48 Å². The zero-order valence-electron chi connectivity index (χ0n) is 12.3. The summed E-state index contributed by atoms with van der Waals surface area (Å²) in [6.45, 7) is 1.000. The molecule has 8 nitrogen and oxygen atoms in total. The molecule has 0 atom stereocenters. The highest BCUT2D eigenvalue weighted by Crippen LogP contribution is 2.04. The minimum Gasteiger partial charge on any atom is -0.365 e. The zero-order valence-corrected chi connectivity index (χ0v) is 12.3. The molecule has 1 amide bonds. The lowest BCUT2D eigenvalue weighted by Crippen LogP contribution is -2.25. The topological polar surface area (TPSA) is 112 Å². The predicted octanol–water partition coefficient (Wildman–Crippen LogP) is 0.869. The molecular formula is C15H16N6O2. The quantitative estimate of drug-likeness (QED) is 0.698. The molecule has 0 fully saturated rings. The van der Waals surface area contributed by atoms with Gasteiger partial charge in [0, 0.05) is 19.2 Å². The molecule has 2 heterocycles. The van der Waals surface area contributed by atoms with Gasteiger partial charge in [0.05, 0.1) is 18.3 Å². The number of hydrogen-bond acceptors (Lipinski definition) is 6. The number of hydrogen-bond donors (Lipinski definition) is 2. The average molecular weight is 312 g/mol. The van der Waals surface area contributed by atoms with Gasteiger partial charge in [-0.1, -0.05) is 30.3 Å². The van der Waals surface area contributed by atoms with Crippen LogP contribution in [0.4, 0.5) is 5.95 Å². The number of aromatic nitrogens is 4. The Morgan fingerprint density at radius 2 is 2.13 bits per heavy atom. The van der Waals surface area contributed by atoms with Crippen molar-refractivity contribution in [3.05, 3.63) is 59.7 Å². The van der Waals surface area contributed by atoms with Crippen molar-refractivity contribution in [1.29, 1.82) is 0 Å². The van der Waals surface area contributed by atoms with Crippen LogP contribution in [0.15, 0.2) is 47.2 Å². The smallest absolute Gasteiger partial charge is 0.260 e. The van der Waals surface area contributed by atoms with Crippen molar-refractivity contribution in [2.24, 2.45) is 0 Å². The molecule has 0 radical (unpaired) electrons. The highest BCUT2D eigenvalue weighted by molar-refractivity contribution is 5.93. The van der Waals surface area contributed by atoms with Crippen molar-refractivity contribution in [3.63, 3.8) is 0 Å². The van der Waals surface area contributed by atoms with Crippen LogP contribution in [0.3, 0.4) is 0 Å². The Kier molecular flexibility index (Phi) is 4.32. The van der Waals surface area contributed by atoms with Gasteiger partial charge in [-0.2, -0.15) is 10.1 Å². The SMILES string of the molecule is Nc1noc(CCNC(=O)c2cnn(Cc3ccccc3)c2)n1. The van der Waals surface area contributed by atoms with Gasteiger partial charge in [0.2, 0.25) is 5.89 Å². The monoisotopic (exact) mass is 312 g/mol. The number of anilines is 1. The molecule has 3 rings (SSSR count). The van der Waals surface area contributed by atoms with Gasteiger partial charge in [-0.05, 0) is 10.7 Å². The lowest BCUT2D eigenvalue weighted by atomic mass is 10.2. The van der Waals surface area contributed by atoms with E-state index in [2.05, 4.69) is 20.6 Å². The molecule has 118 valence electrons. The molecular weight excluding hydrogens is 296 g/mol. The number of amides is 1. The largest absolute Gasteiger partial charge is 0.365 e. The van der Waals surface area contributed by atoms with Crippen LogP contribution in [-0.4, -0.2) is 32.4 Å². The second kappa shape index (κ2) is 6.73. The van der Waals surface area contributed by atoms with Crippen LogP contribution in [0.25, 0.3) is 0 Å². The van der Waals surface area contributed by atoms with E-state index < -0.39 is 0 Å². The van der Waals surface area contributed by atoms with Crippen LogP contribution in [0.1, 0.15) is 21.8 Å². The Labute approximate surface area is 132 Å². The van der Waals surface area contributed by atoms with E-state index in [0.717, 1.165) is 5.56 Å². The Morgan fingerprint density at radius 3 is 2.87 bits per heavy atom. The van der Waals surface area contributed by atoms with E-state index in [9.17, 15) is 4.79 Å². The molecule has 2 aromatic heterocycles. The molecule has 0 saturated heterocycles. The van der Waals surface area contributed by atoms with Gasteiger partial charge in [-0.25, -0.2) is 0 Å².